The van der Waals surface area contributed by atoms with Gasteiger partial charge in [0.2, 0.25) is 5.91 Å². The Morgan fingerprint density at radius 1 is 1.30 bits per heavy atom. The molecule has 0 bridgehead atoms. The van der Waals surface area contributed by atoms with Crippen LogP contribution in [-0.2, 0) is 16.1 Å². The summed E-state index contributed by atoms with van der Waals surface area (Å²) in [5.74, 6) is -0.0910. The Bertz CT molecular complexity index is 686. The number of anilines is 1. The molecule has 3 rings (SSSR count). The summed E-state index contributed by atoms with van der Waals surface area (Å²) in [6.45, 7) is 7.71. The molecule has 2 aliphatic heterocycles. The van der Waals surface area contributed by atoms with E-state index in [4.69, 9.17) is 4.74 Å². The molecule has 1 atom stereocenters. The molecule has 8 heteroatoms. The summed E-state index contributed by atoms with van der Waals surface area (Å²) in [6.07, 6.45) is 4.91. The Labute approximate surface area is 160 Å². The molecule has 2 aliphatic rings. The van der Waals surface area contributed by atoms with E-state index in [0.29, 0.717) is 13.1 Å². The number of amides is 1. The molecule has 8 nitrogen and oxygen atoms in total. The van der Waals surface area contributed by atoms with Crippen LogP contribution in [0.15, 0.2) is 17.1 Å². The third kappa shape index (κ3) is 5.29. The van der Waals surface area contributed by atoms with Crippen LogP contribution >= 0.6 is 0 Å². The van der Waals surface area contributed by atoms with Crippen molar-refractivity contribution in [1.82, 2.24) is 19.6 Å². The Kier molecular flexibility index (Phi) is 6.84. The lowest BCUT2D eigenvalue weighted by Gasteiger charge is -2.24. The van der Waals surface area contributed by atoms with E-state index < -0.39 is 0 Å². The van der Waals surface area contributed by atoms with Gasteiger partial charge in [-0.3, -0.25) is 9.59 Å². The van der Waals surface area contributed by atoms with E-state index in [1.54, 1.807) is 17.2 Å². The Balaban J connectivity index is 1.62. The van der Waals surface area contributed by atoms with Gasteiger partial charge >= 0.3 is 0 Å². The minimum absolute atomic E-state index is 0.0254. The van der Waals surface area contributed by atoms with E-state index >= 15 is 0 Å². The predicted octanol–water partition coefficient (Wildman–Crippen LogP) is 0.413. The van der Waals surface area contributed by atoms with Crippen LogP contribution in [0.5, 0.6) is 0 Å². The quantitative estimate of drug-likeness (QED) is 0.715. The Hall–Kier alpha value is -1.93. The van der Waals surface area contributed by atoms with Gasteiger partial charge in [0.05, 0.1) is 18.0 Å². The number of carbonyl (C=O) groups is 1. The van der Waals surface area contributed by atoms with Crippen molar-refractivity contribution in [3.05, 3.63) is 22.6 Å². The summed E-state index contributed by atoms with van der Waals surface area (Å²) < 4.78 is 6.88. The normalized spacial score (nSPS) is 21.3. The number of likely N-dealkylation sites (N-methyl/N-ethyl adjacent to an activating group) is 2. The molecule has 0 saturated carbocycles. The number of hydrogen-bond donors (Lipinski definition) is 0. The molecule has 2 saturated heterocycles. The van der Waals surface area contributed by atoms with E-state index in [-0.39, 0.29) is 24.1 Å². The largest absolute Gasteiger partial charge is 0.376 e. The van der Waals surface area contributed by atoms with Gasteiger partial charge in [0.1, 0.15) is 6.54 Å². The number of hydrogen-bond acceptors (Lipinski definition) is 6. The summed E-state index contributed by atoms with van der Waals surface area (Å²) in [4.78, 5) is 31.3. The van der Waals surface area contributed by atoms with Crippen LogP contribution in [0.4, 0.5) is 5.69 Å². The average molecular weight is 377 g/mol. The second-order valence-corrected chi connectivity index (χ2v) is 7.42. The highest BCUT2D eigenvalue weighted by atomic mass is 16.5. The van der Waals surface area contributed by atoms with Crippen molar-refractivity contribution in [3.63, 3.8) is 0 Å². The van der Waals surface area contributed by atoms with Crippen LogP contribution in [0.1, 0.15) is 26.2 Å². The number of nitrogens with zero attached hydrogens (tertiary/aromatic N) is 5. The molecular weight excluding hydrogens is 346 g/mol. The Morgan fingerprint density at radius 3 is 2.85 bits per heavy atom. The van der Waals surface area contributed by atoms with Crippen LogP contribution in [0.25, 0.3) is 0 Å². The first-order valence-corrected chi connectivity index (χ1v) is 9.97. The first kappa shape index (κ1) is 19.8. The highest BCUT2D eigenvalue weighted by Gasteiger charge is 2.22. The van der Waals surface area contributed by atoms with E-state index in [0.717, 1.165) is 57.7 Å². The number of carbonyl (C=O) groups excluding carboxylic acids is 1. The molecule has 0 aliphatic carbocycles. The third-order valence-electron chi connectivity index (χ3n) is 5.41. The fraction of sp³-hybridized carbons (Fsp3) is 0.737. The first-order chi connectivity index (χ1) is 13.1. The minimum atomic E-state index is -0.230. The van der Waals surface area contributed by atoms with Crippen molar-refractivity contribution >= 4 is 11.6 Å². The molecule has 0 spiro atoms. The molecule has 27 heavy (non-hydrogen) atoms. The summed E-state index contributed by atoms with van der Waals surface area (Å²) >= 11 is 0. The number of aromatic nitrogens is 2. The predicted molar refractivity (Wildman–Crippen MR) is 104 cm³/mol. The van der Waals surface area contributed by atoms with Crippen molar-refractivity contribution in [2.45, 2.75) is 38.8 Å². The number of ether oxygens (including phenoxy) is 1. The maximum absolute atomic E-state index is 12.6. The molecule has 0 N–H and O–H groups in total. The van der Waals surface area contributed by atoms with Gasteiger partial charge in [-0.05, 0) is 39.8 Å². The zero-order chi connectivity index (χ0) is 19.2. The van der Waals surface area contributed by atoms with E-state index in [1.807, 2.05) is 6.92 Å². The van der Waals surface area contributed by atoms with E-state index in [1.165, 1.54) is 4.68 Å². The summed E-state index contributed by atoms with van der Waals surface area (Å²) in [5, 5.41) is 4.26. The van der Waals surface area contributed by atoms with Crippen LogP contribution in [-0.4, -0.2) is 84.5 Å². The smallest absolute Gasteiger partial charge is 0.269 e. The van der Waals surface area contributed by atoms with Crippen LogP contribution in [0.2, 0.25) is 0 Å². The van der Waals surface area contributed by atoms with E-state index in [9.17, 15) is 9.59 Å². The molecule has 3 heterocycles. The van der Waals surface area contributed by atoms with Crippen molar-refractivity contribution in [3.8, 4) is 0 Å². The van der Waals surface area contributed by atoms with Gasteiger partial charge in [0, 0.05) is 45.4 Å². The van der Waals surface area contributed by atoms with Crippen LogP contribution in [0.3, 0.4) is 0 Å². The second-order valence-electron chi connectivity index (χ2n) is 7.42. The molecular formula is C19H31N5O3. The fourth-order valence-corrected chi connectivity index (χ4v) is 3.69. The van der Waals surface area contributed by atoms with Gasteiger partial charge in [-0.2, -0.15) is 5.10 Å². The topological polar surface area (TPSA) is 70.9 Å². The molecule has 1 aromatic rings. The van der Waals surface area contributed by atoms with Crippen molar-refractivity contribution in [2.75, 3.05) is 57.8 Å². The van der Waals surface area contributed by atoms with Crippen molar-refractivity contribution < 1.29 is 9.53 Å². The van der Waals surface area contributed by atoms with Gasteiger partial charge in [-0.25, -0.2) is 4.68 Å². The van der Waals surface area contributed by atoms with Crippen molar-refractivity contribution in [2.24, 2.45) is 0 Å². The molecule has 1 amide bonds. The standard InChI is InChI=1S/C19H31N5O3/c1-3-22(14-17-6-4-11-27-17)19(26)15-24-18(25)12-16(13-20-24)23-8-5-7-21(2)9-10-23/h12-13,17H,3-11,14-15H2,1-2H3/t17-/m1/s1. The summed E-state index contributed by atoms with van der Waals surface area (Å²) in [7, 11) is 2.11. The van der Waals surface area contributed by atoms with E-state index in [2.05, 4.69) is 21.9 Å². The summed E-state index contributed by atoms with van der Waals surface area (Å²) in [6, 6.07) is 1.60. The first-order valence-electron chi connectivity index (χ1n) is 9.97. The fourth-order valence-electron chi connectivity index (χ4n) is 3.69. The van der Waals surface area contributed by atoms with Gasteiger partial charge in [-0.15, -0.1) is 0 Å². The number of rotatable bonds is 6. The maximum atomic E-state index is 12.6. The minimum Gasteiger partial charge on any atom is -0.376 e. The third-order valence-corrected chi connectivity index (χ3v) is 5.41. The zero-order valence-corrected chi connectivity index (χ0v) is 16.5. The lowest BCUT2D eigenvalue weighted by atomic mass is 10.2. The highest BCUT2D eigenvalue weighted by molar-refractivity contribution is 5.75. The molecule has 0 aromatic carbocycles. The van der Waals surface area contributed by atoms with Crippen LogP contribution < -0.4 is 10.5 Å². The van der Waals surface area contributed by atoms with Gasteiger partial charge in [-0.1, -0.05) is 0 Å². The van der Waals surface area contributed by atoms with Gasteiger partial charge < -0.3 is 19.4 Å². The van der Waals surface area contributed by atoms with Gasteiger partial charge in [0.25, 0.3) is 5.56 Å². The Morgan fingerprint density at radius 2 is 2.15 bits per heavy atom. The molecule has 150 valence electrons. The average Bonchev–Trinajstić information content (AvgIpc) is 3.08. The monoisotopic (exact) mass is 377 g/mol. The molecule has 1 aromatic heterocycles. The molecule has 0 radical (unpaired) electrons. The molecule has 0 unspecified atom stereocenters. The SMILES string of the molecule is CCN(C[C@H]1CCCO1)C(=O)Cn1ncc(N2CCCN(C)CC2)cc1=O. The summed E-state index contributed by atoms with van der Waals surface area (Å²) in [5.41, 5.74) is 0.609. The lowest BCUT2D eigenvalue weighted by molar-refractivity contribution is -0.133. The lowest BCUT2D eigenvalue weighted by Crippen LogP contribution is -2.41. The second kappa shape index (κ2) is 9.32. The van der Waals surface area contributed by atoms with Crippen LogP contribution in [0, 0.1) is 0 Å². The maximum Gasteiger partial charge on any atom is 0.269 e. The molecule has 2 fully saturated rings. The van der Waals surface area contributed by atoms with Gasteiger partial charge in [0.15, 0.2) is 0 Å². The van der Waals surface area contributed by atoms with Crippen molar-refractivity contribution in [1.29, 1.82) is 0 Å². The highest BCUT2D eigenvalue weighted by Crippen LogP contribution is 2.14. The zero-order valence-electron chi connectivity index (χ0n) is 16.5.